The van der Waals surface area contributed by atoms with E-state index >= 15 is 0 Å². The lowest BCUT2D eigenvalue weighted by molar-refractivity contribution is 0.222. The summed E-state index contributed by atoms with van der Waals surface area (Å²) < 4.78 is 4.80. The van der Waals surface area contributed by atoms with Crippen LogP contribution in [0.4, 0.5) is 0 Å². The average Bonchev–Trinajstić information content (AvgIpc) is 2.86. The van der Waals surface area contributed by atoms with Crippen molar-refractivity contribution in [2.45, 2.75) is 43.3 Å². The van der Waals surface area contributed by atoms with E-state index < -0.39 is 0 Å². The van der Waals surface area contributed by atoms with Crippen LogP contribution < -0.4 is 0 Å². The number of hydrogen-bond donors (Lipinski definition) is 1. The summed E-state index contributed by atoms with van der Waals surface area (Å²) in [5.74, 6) is 1.81. The van der Waals surface area contributed by atoms with Gasteiger partial charge < -0.3 is 9.63 Å². The maximum Gasteiger partial charge on any atom is 0.252 e. The quantitative estimate of drug-likeness (QED) is 0.827. The molecule has 0 atom stereocenters. The minimum absolute atomic E-state index is 0.166. The van der Waals surface area contributed by atoms with Gasteiger partial charge in [-0.1, -0.05) is 18.0 Å². The Kier molecular flexibility index (Phi) is 3.42. The molecule has 1 aliphatic carbocycles. The molecule has 5 heteroatoms. The first-order valence-electron chi connectivity index (χ1n) is 4.92. The second kappa shape index (κ2) is 4.79. The van der Waals surface area contributed by atoms with Crippen LogP contribution >= 0.6 is 11.8 Å². The molecule has 1 saturated carbocycles. The maximum absolute atomic E-state index is 8.73. The molecule has 1 N–H and O–H groups in total. The van der Waals surface area contributed by atoms with Gasteiger partial charge in [-0.3, -0.25) is 0 Å². The van der Waals surface area contributed by atoms with Crippen molar-refractivity contribution in [3.05, 3.63) is 11.7 Å². The van der Waals surface area contributed by atoms with Crippen molar-refractivity contribution >= 4 is 11.8 Å². The van der Waals surface area contributed by atoms with Crippen molar-refractivity contribution in [2.24, 2.45) is 0 Å². The fraction of sp³-hybridized carbons (Fsp3) is 0.778. The van der Waals surface area contributed by atoms with E-state index in [0.717, 1.165) is 11.0 Å². The summed E-state index contributed by atoms with van der Waals surface area (Å²) in [6, 6.07) is 0. The number of rotatable bonds is 4. The lowest BCUT2D eigenvalue weighted by atomic mass is 10.4. The van der Waals surface area contributed by atoms with E-state index in [1.807, 2.05) is 11.8 Å². The molecule has 1 aromatic heterocycles. The number of aromatic nitrogens is 2. The second-order valence-corrected chi connectivity index (χ2v) is 4.77. The van der Waals surface area contributed by atoms with Crippen LogP contribution in [0, 0.1) is 0 Å². The molecular weight excluding hydrogens is 200 g/mol. The SMILES string of the molecule is OCc1nc(CSC2CCCC2)no1. The number of hydrogen-bond acceptors (Lipinski definition) is 5. The van der Waals surface area contributed by atoms with E-state index in [1.54, 1.807) is 0 Å². The van der Waals surface area contributed by atoms with Gasteiger partial charge >= 0.3 is 0 Å². The van der Waals surface area contributed by atoms with Crippen molar-refractivity contribution < 1.29 is 9.63 Å². The summed E-state index contributed by atoms with van der Waals surface area (Å²) >= 11 is 1.89. The molecule has 2 rings (SSSR count). The molecule has 14 heavy (non-hydrogen) atoms. The van der Waals surface area contributed by atoms with Gasteiger partial charge in [-0.2, -0.15) is 16.7 Å². The fourth-order valence-corrected chi connectivity index (χ4v) is 2.83. The standard InChI is InChI=1S/C9H14N2O2S/c12-5-9-10-8(11-13-9)6-14-7-3-1-2-4-7/h7,12H,1-6H2. The first kappa shape index (κ1) is 9.98. The van der Waals surface area contributed by atoms with Crippen LogP contribution in [0.25, 0.3) is 0 Å². The largest absolute Gasteiger partial charge is 0.387 e. The summed E-state index contributed by atoms with van der Waals surface area (Å²) in [6.07, 6.45) is 5.34. The Bertz CT molecular complexity index is 284. The summed E-state index contributed by atoms with van der Waals surface area (Å²) in [7, 11) is 0. The van der Waals surface area contributed by atoms with E-state index in [9.17, 15) is 0 Å². The highest BCUT2D eigenvalue weighted by molar-refractivity contribution is 7.99. The Labute approximate surface area is 87.1 Å². The molecule has 0 aliphatic heterocycles. The number of nitrogens with zero attached hydrogens (tertiary/aromatic N) is 2. The minimum atomic E-state index is -0.166. The molecule has 0 amide bonds. The summed E-state index contributed by atoms with van der Waals surface area (Å²) in [6.45, 7) is -0.166. The number of aliphatic hydroxyl groups excluding tert-OH is 1. The van der Waals surface area contributed by atoms with Crippen LogP contribution in [0.2, 0.25) is 0 Å². The van der Waals surface area contributed by atoms with Crippen molar-refractivity contribution in [3.8, 4) is 0 Å². The molecule has 78 valence electrons. The molecule has 0 spiro atoms. The van der Waals surface area contributed by atoms with Crippen LogP contribution in [0.1, 0.15) is 37.4 Å². The van der Waals surface area contributed by atoms with Crippen LogP contribution in [0.5, 0.6) is 0 Å². The zero-order chi connectivity index (χ0) is 9.80. The van der Waals surface area contributed by atoms with E-state index in [0.29, 0.717) is 11.7 Å². The van der Waals surface area contributed by atoms with Gasteiger partial charge in [0.2, 0.25) is 0 Å². The Morgan fingerprint density at radius 2 is 2.21 bits per heavy atom. The van der Waals surface area contributed by atoms with Gasteiger partial charge in [0.05, 0.1) is 5.75 Å². The third-order valence-corrected chi connectivity index (χ3v) is 3.76. The summed E-state index contributed by atoms with van der Waals surface area (Å²) in [5.41, 5.74) is 0. The molecule has 1 aromatic rings. The zero-order valence-electron chi connectivity index (χ0n) is 7.98. The lowest BCUT2D eigenvalue weighted by Crippen LogP contribution is -1.96. The number of thioether (sulfide) groups is 1. The van der Waals surface area contributed by atoms with Gasteiger partial charge in [0, 0.05) is 5.25 Å². The molecular formula is C9H14N2O2S. The first-order valence-corrected chi connectivity index (χ1v) is 5.97. The second-order valence-electron chi connectivity index (χ2n) is 3.48. The van der Waals surface area contributed by atoms with Gasteiger partial charge in [-0.05, 0) is 12.8 Å². The highest BCUT2D eigenvalue weighted by Crippen LogP contribution is 2.30. The molecule has 0 saturated heterocycles. The third-order valence-electron chi connectivity index (χ3n) is 2.40. The van der Waals surface area contributed by atoms with Crippen molar-refractivity contribution in [1.29, 1.82) is 0 Å². The van der Waals surface area contributed by atoms with E-state index in [-0.39, 0.29) is 6.61 Å². The molecule has 4 nitrogen and oxygen atoms in total. The topological polar surface area (TPSA) is 59.2 Å². The zero-order valence-corrected chi connectivity index (χ0v) is 8.79. The molecule has 0 unspecified atom stereocenters. The Morgan fingerprint density at radius 1 is 1.43 bits per heavy atom. The van der Waals surface area contributed by atoms with Crippen LogP contribution in [0.3, 0.4) is 0 Å². The van der Waals surface area contributed by atoms with E-state index in [2.05, 4.69) is 10.1 Å². The molecule has 0 radical (unpaired) electrons. The van der Waals surface area contributed by atoms with Crippen molar-refractivity contribution in [1.82, 2.24) is 10.1 Å². The Balaban J connectivity index is 1.79. The molecule has 1 heterocycles. The van der Waals surface area contributed by atoms with Gasteiger partial charge in [-0.15, -0.1) is 0 Å². The van der Waals surface area contributed by atoms with Crippen LogP contribution in [-0.4, -0.2) is 20.5 Å². The predicted molar refractivity (Wildman–Crippen MR) is 53.8 cm³/mol. The molecule has 1 fully saturated rings. The van der Waals surface area contributed by atoms with Crippen molar-refractivity contribution in [2.75, 3.05) is 0 Å². The number of aliphatic hydroxyl groups is 1. The average molecular weight is 214 g/mol. The fourth-order valence-electron chi connectivity index (χ4n) is 1.66. The van der Waals surface area contributed by atoms with E-state index in [4.69, 9.17) is 9.63 Å². The first-order chi connectivity index (χ1) is 6.88. The molecule has 0 bridgehead atoms. The van der Waals surface area contributed by atoms with Gasteiger partial charge in [0.25, 0.3) is 5.89 Å². The summed E-state index contributed by atoms with van der Waals surface area (Å²) in [4.78, 5) is 4.04. The third kappa shape index (κ3) is 2.48. The van der Waals surface area contributed by atoms with Gasteiger partial charge in [-0.25, -0.2) is 0 Å². The highest BCUT2D eigenvalue weighted by atomic mass is 32.2. The highest BCUT2D eigenvalue weighted by Gasteiger charge is 2.16. The maximum atomic E-state index is 8.73. The molecule has 1 aliphatic rings. The van der Waals surface area contributed by atoms with Crippen LogP contribution in [0.15, 0.2) is 4.52 Å². The monoisotopic (exact) mass is 214 g/mol. The van der Waals surface area contributed by atoms with Gasteiger partial charge in [0.1, 0.15) is 6.61 Å². The van der Waals surface area contributed by atoms with Gasteiger partial charge in [0.15, 0.2) is 5.82 Å². The normalized spacial score (nSPS) is 17.8. The minimum Gasteiger partial charge on any atom is -0.387 e. The van der Waals surface area contributed by atoms with E-state index in [1.165, 1.54) is 25.7 Å². The predicted octanol–water partition coefficient (Wildman–Crippen LogP) is 1.74. The summed E-state index contributed by atoms with van der Waals surface area (Å²) in [5, 5.41) is 13.3. The Morgan fingerprint density at radius 3 is 2.86 bits per heavy atom. The Hall–Kier alpha value is -0.550. The lowest BCUT2D eigenvalue weighted by Gasteiger charge is -2.04. The van der Waals surface area contributed by atoms with Crippen molar-refractivity contribution in [3.63, 3.8) is 0 Å². The smallest absolute Gasteiger partial charge is 0.252 e. The van der Waals surface area contributed by atoms with Crippen LogP contribution in [-0.2, 0) is 12.4 Å². The molecule has 0 aromatic carbocycles.